The molecule has 1 atom stereocenters. The van der Waals surface area contributed by atoms with E-state index in [1.807, 2.05) is 24.3 Å². The predicted molar refractivity (Wildman–Crippen MR) is 153 cm³/mol. The van der Waals surface area contributed by atoms with Crippen molar-refractivity contribution < 1.29 is 19.4 Å². The van der Waals surface area contributed by atoms with Crippen LogP contribution in [-0.4, -0.2) is 59.4 Å². The van der Waals surface area contributed by atoms with Crippen molar-refractivity contribution in [2.45, 2.75) is 69.9 Å². The highest BCUT2D eigenvalue weighted by molar-refractivity contribution is 7.16. The Kier molecular flexibility index (Phi) is 9.06. The minimum atomic E-state index is -0.201. The number of hydrogen-bond acceptors (Lipinski definition) is 8. The number of benzene rings is 2. The van der Waals surface area contributed by atoms with Crippen molar-refractivity contribution in [2.24, 2.45) is 5.73 Å². The van der Waals surface area contributed by atoms with Crippen LogP contribution in [0.5, 0.6) is 17.2 Å². The molecule has 1 aromatic heterocycles. The highest BCUT2D eigenvalue weighted by Crippen LogP contribution is 2.33. The Labute approximate surface area is 232 Å². The second kappa shape index (κ2) is 12.8. The van der Waals surface area contributed by atoms with Crippen LogP contribution in [0.2, 0.25) is 0 Å². The fourth-order valence-corrected chi connectivity index (χ4v) is 6.51. The highest BCUT2D eigenvalue weighted by Gasteiger charge is 2.26. The van der Waals surface area contributed by atoms with Crippen LogP contribution in [0.4, 0.5) is 0 Å². The van der Waals surface area contributed by atoms with Gasteiger partial charge < -0.3 is 35.5 Å². The Morgan fingerprint density at radius 1 is 1.13 bits per heavy atom. The van der Waals surface area contributed by atoms with Crippen molar-refractivity contribution in [3.05, 3.63) is 51.1 Å². The van der Waals surface area contributed by atoms with Crippen molar-refractivity contribution in [1.82, 2.24) is 15.2 Å². The minimum absolute atomic E-state index is 0.0933. The molecule has 210 valence electrons. The zero-order chi connectivity index (χ0) is 27.2. The number of fused-ring (bicyclic) bond motifs is 2. The van der Waals surface area contributed by atoms with Crippen molar-refractivity contribution in [3.63, 3.8) is 0 Å². The van der Waals surface area contributed by atoms with E-state index in [0.717, 1.165) is 83.6 Å². The number of aryl methyl sites for hydroxylation is 1. The van der Waals surface area contributed by atoms with Crippen LogP contribution in [-0.2, 0) is 17.6 Å². The summed E-state index contributed by atoms with van der Waals surface area (Å²) in [5.41, 5.74) is 9.10. The van der Waals surface area contributed by atoms with E-state index in [9.17, 15) is 14.7 Å². The number of rotatable bonds is 12. The van der Waals surface area contributed by atoms with E-state index >= 15 is 0 Å². The van der Waals surface area contributed by atoms with Gasteiger partial charge in [0.15, 0.2) is 11.5 Å². The van der Waals surface area contributed by atoms with Crippen LogP contribution in [0.1, 0.15) is 56.1 Å². The first kappa shape index (κ1) is 27.5. The number of amides is 1. The number of ether oxygens (including phenoxy) is 2. The van der Waals surface area contributed by atoms with Gasteiger partial charge in [-0.25, -0.2) is 0 Å². The SMILES string of the molecule is NC(CCc1ccc2c(c1)OCO2)CC(=O)N(CCNCCc1ccc(O)c2[nH]c(=O)sc12)C1CCCCC1. The number of carbonyl (C=O) groups excluding carboxylic acids is 1. The Hall–Kier alpha value is -3.08. The topological polar surface area (TPSA) is 130 Å². The molecule has 1 amide bonds. The number of thiazole rings is 1. The fourth-order valence-electron chi connectivity index (χ4n) is 5.61. The number of carbonyl (C=O) groups is 1. The van der Waals surface area contributed by atoms with Crippen LogP contribution in [0.25, 0.3) is 10.2 Å². The van der Waals surface area contributed by atoms with Gasteiger partial charge in [0.1, 0.15) is 11.3 Å². The first-order chi connectivity index (χ1) is 19.0. The normalized spacial score (nSPS) is 16.0. The third kappa shape index (κ3) is 6.93. The van der Waals surface area contributed by atoms with E-state index in [0.29, 0.717) is 31.6 Å². The van der Waals surface area contributed by atoms with Crippen LogP contribution < -0.4 is 25.4 Å². The smallest absolute Gasteiger partial charge is 0.305 e. The number of aromatic amines is 1. The Morgan fingerprint density at radius 3 is 2.79 bits per heavy atom. The molecule has 39 heavy (non-hydrogen) atoms. The average Bonchev–Trinajstić information content (AvgIpc) is 3.57. The molecule has 10 heteroatoms. The van der Waals surface area contributed by atoms with Gasteiger partial charge in [0.25, 0.3) is 0 Å². The molecular weight excluding hydrogens is 516 g/mol. The molecule has 0 radical (unpaired) electrons. The molecule has 2 heterocycles. The molecule has 0 saturated heterocycles. The molecule has 1 unspecified atom stereocenters. The number of hydrogen-bond donors (Lipinski definition) is 4. The number of aromatic hydroxyl groups is 1. The third-order valence-electron chi connectivity index (χ3n) is 7.75. The molecule has 0 bridgehead atoms. The first-order valence-corrected chi connectivity index (χ1v) is 14.8. The first-order valence-electron chi connectivity index (χ1n) is 14.0. The number of nitrogens with one attached hydrogen (secondary N) is 2. The summed E-state index contributed by atoms with van der Waals surface area (Å²) in [6.07, 6.45) is 8.25. The summed E-state index contributed by atoms with van der Waals surface area (Å²) < 4.78 is 11.7. The largest absolute Gasteiger partial charge is 0.506 e. The van der Waals surface area contributed by atoms with E-state index in [1.165, 1.54) is 6.42 Å². The van der Waals surface area contributed by atoms with E-state index in [4.69, 9.17) is 15.2 Å². The number of phenols is 1. The summed E-state index contributed by atoms with van der Waals surface area (Å²) in [5.74, 6) is 1.77. The van der Waals surface area contributed by atoms with E-state index < -0.39 is 0 Å². The third-order valence-corrected chi connectivity index (χ3v) is 8.71. The van der Waals surface area contributed by atoms with Crippen molar-refractivity contribution >= 4 is 27.5 Å². The molecule has 5 rings (SSSR count). The monoisotopic (exact) mass is 554 g/mol. The molecule has 1 aliphatic heterocycles. The Morgan fingerprint density at radius 2 is 1.95 bits per heavy atom. The summed E-state index contributed by atoms with van der Waals surface area (Å²) in [5, 5.41) is 13.5. The van der Waals surface area contributed by atoms with Gasteiger partial charge in [-0.05, 0) is 68.0 Å². The van der Waals surface area contributed by atoms with Gasteiger partial charge in [-0.3, -0.25) is 9.59 Å². The number of nitrogens with two attached hydrogens (primary N) is 1. The molecule has 1 saturated carbocycles. The quantitative estimate of drug-likeness (QED) is 0.251. The minimum Gasteiger partial charge on any atom is -0.506 e. The molecule has 2 aromatic carbocycles. The van der Waals surface area contributed by atoms with Crippen LogP contribution >= 0.6 is 11.3 Å². The van der Waals surface area contributed by atoms with Crippen LogP contribution in [0.15, 0.2) is 35.1 Å². The standard InChI is InChI=1S/C29H38N4O5S/c30-21(9-6-19-7-11-24-25(16-19)38-18-37-24)17-26(35)33(22-4-2-1-3-5-22)15-14-31-13-12-20-8-10-23(34)27-28(20)39-29(36)32-27/h7-8,10-11,16,21-22,31,34H,1-6,9,12-15,17-18,30H2,(H,32,36). The van der Waals surface area contributed by atoms with Crippen molar-refractivity contribution in [2.75, 3.05) is 26.4 Å². The molecule has 0 spiro atoms. The summed E-state index contributed by atoms with van der Waals surface area (Å²) in [4.78, 5) is 29.8. The maximum atomic E-state index is 13.4. The Bertz CT molecular complexity index is 1330. The van der Waals surface area contributed by atoms with Gasteiger partial charge in [0.05, 0.1) is 4.70 Å². The highest BCUT2D eigenvalue weighted by atomic mass is 32.1. The second-order valence-corrected chi connectivity index (χ2v) is 11.5. The maximum absolute atomic E-state index is 13.4. The summed E-state index contributed by atoms with van der Waals surface area (Å²) in [6, 6.07) is 9.52. The van der Waals surface area contributed by atoms with Gasteiger partial charge in [-0.2, -0.15) is 0 Å². The lowest BCUT2D eigenvalue weighted by Crippen LogP contribution is -2.46. The fraction of sp³-hybridized carbons (Fsp3) is 0.517. The zero-order valence-electron chi connectivity index (χ0n) is 22.2. The van der Waals surface area contributed by atoms with Gasteiger partial charge in [-0.1, -0.05) is 42.7 Å². The molecule has 1 fully saturated rings. The summed E-state index contributed by atoms with van der Waals surface area (Å²) in [7, 11) is 0. The molecule has 5 N–H and O–H groups in total. The lowest BCUT2D eigenvalue weighted by molar-refractivity contribution is -0.134. The molecular formula is C29H38N4O5S. The second-order valence-electron chi connectivity index (χ2n) is 10.5. The summed E-state index contributed by atoms with van der Waals surface area (Å²) >= 11 is 1.12. The van der Waals surface area contributed by atoms with Gasteiger partial charge in [-0.15, -0.1) is 0 Å². The molecule has 3 aromatic rings. The summed E-state index contributed by atoms with van der Waals surface area (Å²) in [6.45, 7) is 2.32. The van der Waals surface area contributed by atoms with Crippen molar-refractivity contribution in [3.8, 4) is 17.2 Å². The molecule has 9 nitrogen and oxygen atoms in total. The van der Waals surface area contributed by atoms with E-state index in [2.05, 4.69) is 15.2 Å². The lowest BCUT2D eigenvalue weighted by atomic mass is 9.93. The molecule has 1 aliphatic carbocycles. The van der Waals surface area contributed by atoms with Gasteiger partial charge >= 0.3 is 4.87 Å². The number of aromatic nitrogens is 1. The number of H-pyrrole nitrogens is 1. The molecule has 2 aliphatic rings. The van der Waals surface area contributed by atoms with Crippen molar-refractivity contribution in [1.29, 1.82) is 0 Å². The van der Waals surface area contributed by atoms with E-state index in [1.54, 1.807) is 6.07 Å². The lowest BCUT2D eigenvalue weighted by Gasteiger charge is -2.35. The van der Waals surface area contributed by atoms with E-state index in [-0.39, 0.29) is 35.4 Å². The number of nitrogens with zero attached hydrogens (tertiary/aromatic N) is 1. The van der Waals surface area contributed by atoms with Gasteiger partial charge in [0, 0.05) is 31.6 Å². The number of phenolic OH excluding ortho intramolecular Hbond substituents is 1. The van der Waals surface area contributed by atoms with Crippen LogP contribution in [0.3, 0.4) is 0 Å². The Balaban J connectivity index is 1.11. The zero-order valence-corrected chi connectivity index (χ0v) is 23.1. The van der Waals surface area contributed by atoms with Crippen LogP contribution in [0, 0.1) is 0 Å². The average molecular weight is 555 g/mol. The maximum Gasteiger partial charge on any atom is 0.305 e. The van der Waals surface area contributed by atoms with Gasteiger partial charge in [0.2, 0.25) is 12.7 Å². The predicted octanol–water partition coefficient (Wildman–Crippen LogP) is 3.67.